The number of benzene rings is 1. The van der Waals surface area contributed by atoms with E-state index in [0.29, 0.717) is 22.7 Å². The molecule has 1 aromatic carbocycles. The van der Waals surface area contributed by atoms with Crippen molar-refractivity contribution in [3.63, 3.8) is 0 Å². The first kappa shape index (κ1) is 14.5. The Hall–Kier alpha value is -1.94. The fourth-order valence-corrected chi connectivity index (χ4v) is 2.00. The third kappa shape index (κ3) is 3.78. The molecule has 2 N–H and O–H groups in total. The predicted octanol–water partition coefficient (Wildman–Crippen LogP) is 2.18. The minimum Gasteiger partial charge on any atom is -0.395 e. The van der Waals surface area contributed by atoms with E-state index < -0.39 is 0 Å². The van der Waals surface area contributed by atoms with Gasteiger partial charge < -0.3 is 10.4 Å². The molecule has 20 heavy (non-hydrogen) atoms. The first-order chi connectivity index (χ1) is 9.70. The number of hydrogen-bond donors (Lipinski definition) is 2. The number of aromatic nitrogens is 2. The lowest BCUT2D eigenvalue weighted by molar-refractivity contribution is 0.102. The standard InChI is InChI=1S/C13H10ClN3O2S/c14-10-5-4-9(3-1-2-6-18)11(7-10)15-13(19)12-8-20-17-16-12/h4-5,7-8,18H,2,6H2,(H,15,19). The minimum absolute atomic E-state index is 0.00717. The molecule has 0 aliphatic heterocycles. The van der Waals surface area contributed by atoms with Crippen molar-refractivity contribution in [1.82, 2.24) is 9.59 Å². The molecular weight excluding hydrogens is 298 g/mol. The van der Waals surface area contributed by atoms with E-state index in [0.717, 1.165) is 11.5 Å². The largest absolute Gasteiger partial charge is 0.395 e. The van der Waals surface area contributed by atoms with Crippen LogP contribution in [0.25, 0.3) is 0 Å². The zero-order valence-electron chi connectivity index (χ0n) is 10.3. The quantitative estimate of drug-likeness (QED) is 0.852. The van der Waals surface area contributed by atoms with Crippen LogP contribution in [0.4, 0.5) is 5.69 Å². The topological polar surface area (TPSA) is 75.1 Å². The zero-order valence-corrected chi connectivity index (χ0v) is 11.8. The number of carbonyl (C=O) groups excluding carboxylic acids is 1. The number of nitrogens with one attached hydrogen (secondary N) is 1. The lowest BCUT2D eigenvalue weighted by atomic mass is 10.1. The minimum atomic E-state index is -0.369. The summed E-state index contributed by atoms with van der Waals surface area (Å²) in [5.74, 6) is 5.30. The van der Waals surface area contributed by atoms with Crippen LogP contribution in [0.2, 0.25) is 5.02 Å². The van der Waals surface area contributed by atoms with Gasteiger partial charge in [-0.25, -0.2) is 0 Å². The summed E-state index contributed by atoms with van der Waals surface area (Å²) in [6, 6.07) is 5.01. The van der Waals surface area contributed by atoms with Crippen molar-refractivity contribution in [2.45, 2.75) is 6.42 Å². The fraction of sp³-hybridized carbons (Fsp3) is 0.154. The molecule has 0 spiro atoms. The second-order valence-electron chi connectivity index (χ2n) is 3.71. The number of amides is 1. The number of halogens is 1. The number of nitrogens with zero attached hydrogens (tertiary/aromatic N) is 2. The molecule has 0 unspecified atom stereocenters. The average Bonchev–Trinajstić information content (AvgIpc) is 2.95. The number of carbonyl (C=O) groups is 1. The van der Waals surface area contributed by atoms with E-state index in [1.807, 2.05) is 0 Å². The summed E-state index contributed by atoms with van der Waals surface area (Å²) in [5.41, 5.74) is 1.37. The molecule has 0 atom stereocenters. The van der Waals surface area contributed by atoms with E-state index in [-0.39, 0.29) is 18.2 Å². The van der Waals surface area contributed by atoms with Gasteiger partial charge in [0.25, 0.3) is 5.91 Å². The second-order valence-corrected chi connectivity index (χ2v) is 4.76. The van der Waals surface area contributed by atoms with Crippen LogP contribution in [0.5, 0.6) is 0 Å². The summed E-state index contributed by atoms with van der Waals surface area (Å²) in [7, 11) is 0. The van der Waals surface area contributed by atoms with Gasteiger partial charge in [0.2, 0.25) is 0 Å². The van der Waals surface area contributed by atoms with E-state index in [9.17, 15) is 4.79 Å². The van der Waals surface area contributed by atoms with E-state index in [4.69, 9.17) is 16.7 Å². The van der Waals surface area contributed by atoms with E-state index >= 15 is 0 Å². The van der Waals surface area contributed by atoms with Gasteiger partial charge in [0.1, 0.15) is 0 Å². The molecule has 0 aliphatic carbocycles. The van der Waals surface area contributed by atoms with Crippen molar-refractivity contribution >= 4 is 34.7 Å². The molecule has 1 heterocycles. The van der Waals surface area contributed by atoms with Crippen LogP contribution in [0.3, 0.4) is 0 Å². The van der Waals surface area contributed by atoms with Gasteiger partial charge in [0, 0.05) is 22.4 Å². The molecule has 0 bridgehead atoms. The highest BCUT2D eigenvalue weighted by atomic mass is 35.5. The summed E-state index contributed by atoms with van der Waals surface area (Å²) in [6.07, 6.45) is 0.367. The Morgan fingerprint density at radius 2 is 2.35 bits per heavy atom. The first-order valence-electron chi connectivity index (χ1n) is 5.68. The molecule has 7 heteroatoms. The highest BCUT2D eigenvalue weighted by Gasteiger charge is 2.11. The predicted molar refractivity (Wildman–Crippen MR) is 77.9 cm³/mol. The van der Waals surface area contributed by atoms with Crippen LogP contribution in [0, 0.1) is 11.8 Å². The van der Waals surface area contributed by atoms with Crippen LogP contribution in [0.15, 0.2) is 23.6 Å². The number of rotatable bonds is 3. The maximum Gasteiger partial charge on any atom is 0.277 e. The molecule has 0 aliphatic rings. The Bertz CT molecular complexity index is 662. The molecule has 102 valence electrons. The van der Waals surface area contributed by atoms with Gasteiger partial charge in [-0.2, -0.15) is 0 Å². The third-order valence-electron chi connectivity index (χ3n) is 2.28. The molecule has 1 amide bonds. The van der Waals surface area contributed by atoms with Crippen LogP contribution in [-0.4, -0.2) is 27.2 Å². The molecule has 1 aromatic heterocycles. The Morgan fingerprint density at radius 3 is 3.05 bits per heavy atom. The van der Waals surface area contributed by atoms with Gasteiger partial charge in [-0.15, -0.1) is 5.10 Å². The molecular formula is C13H10ClN3O2S. The van der Waals surface area contributed by atoms with Gasteiger partial charge >= 0.3 is 0 Å². The van der Waals surface area contributed by atoms with Crippen molar-refractivity contribution in [2.75, 3.05) is 11.9 Å². The summed E-state index contributed by atoms with van der Waals surface area (Å²) in [4.78, 5) is 11.9. The van der Waals surface area contributed by atoms with Gasteiger partial charge in [-0.3, -0.25) is 4.79 Å². The summed E-state index contributed by atoms with van der Waals surface area (Å²) in [5, 5.41) is 17.2. The molecule has 0 saturated heterocycles. The lowest BCUT2D eigenvalue weighted by Gasteiger charge is -2.06. The molecule has 2 rings (SSSR count). The average molecular weight is 308 g/mol. The Labute approximate surface area is 124 Å². The maximum atomic E-state index is 11.9. The van der Waals surface area contributed by atoms with Gasteiger partial charge in [0.05, 0.1) is 12.3 Å². The second kappa shape index (κ2) is 7.01. The van der Waals surface area contributed by atoms with E-state index in [1.54, 1.807) is 23.6 Å². The fourth-order valence-electron chi connectivity index (χ4n) is 1.39. The molecule has 2 aromatic rings. The van der Waals surface area contributed by atoms with Crippen LogP contribution in [-0.2, 0) is 0 Å². The normalized spacial score (nSPS) is 9.70. The van der Waals surface area contributed by atoms with Crippen LogP contribution >= 0.6 is 23.1 Å². The van der Waals surface area contributed by atoms with E-state index in [2.05, 4.69) is 26.7 Å². The number of anilines is 1. The highest BCUT2D eigenvalue weighted by molar-refractivity contribution is 7.03. The summed E-state index contributed by atoms with van der Waals surface area (Å²) < 4.78 is 3.63. The Balaban J connectivity index is 2.24. The summed E-state index contributed by atoms with van der Waals surface area (Å²) in [6.45, 7) is -0.00717. The number of hydrogen-bond acceptors (Lipinski definition) is 5. The Kier molecular flexibility index (Phi) is 5.07. The highest BCUT2D eigenvalue weighted by Crippen LogP contribution is 2.21. The van der Waals surface area contributed by atoms with Crippen LogP contribution < -0.4 is 5.32 Å². The smallest absolute Gasteiger partial charge is 0.277 e. The molecule has 0 saturated carbocycles. The zero-order chi connectivity index (χ0) is 14.4. The van der Waals surface area contributed by atoms with Crippen molar-refractivity contribution in [3.8, 4) is 11.8 Å². The Morgan fingerprint density at radius 1 is 1.50 bits per heavy atom. The third-order valence-corrected chi connectivity index (χ3v) is 3.02. The molecule has 5 nitrogen and oxygen atoms in total. The monoisotopic (exact) mass is 307 g/mol. The molecule has 0 fully saturated rings. The maximum absolute atomic E-state index is 11.9. The van der Waals surface area contributed by atoms with Crippen LogP contribution in [0.1, 0.15) is 22.5 Å². The SMILES string of the molecule is O=C(Nc1cc(Cl)ccc1C#CCCO)c1csnn1. The lowest BCUT2D eigenvalue weighted by Crippen LogP contribution is -2.13. The van der Waals surface area contributed by atoms with Crippen molar-refractivity contribution < 1.29 is 9.90 Å². The van der Waals surface area contributed by atoms with E-state index in [1.165, 1.54) is 0 Å². The summed E-state index contributed by atoms with van der Waals surface area (Å²) >= 11 is 7.02. The van der Waals surface area contributed by atoms with Gasteiger partial charge in [-0.1, -0.05) is 27.9 Å². The molecule has 0 radical (unpaired) electrons. The van der Waals surface area contributed by atoms with Crippen molar-refractivity contribution in [1.29, 1.82) is 0 Å². The van der Waals surface area contributed by atoms with Crippen molar-refractivity contribution in [2.24, 2.45) is 0 Å². The number of aliphatic hydroxyl groups is 1. The van der Waals surface area contributed by atoms with Gasteiger partial charge in [0.15, 0.2) is 5.69 Å². The van der Waals surface area contributed by atoms with Gasteiger partial charge in [-0.05, 0) is 29.7 Å². The first-order valence-corrected chi connectivity index (χ1v) is 6.90. The number of aliphatic hydroxyl groups excluding tert-OH is 1. The van der Waals surface area contributed by atoms with Crippen molar-refractivity contribution in [3.05, 3.63) is 39.9 Å².